The van der Waals surface area contributed by atoms with E-state index in [1.54, 1.807) is 0 Å². The zero-order valence-corrected chi connectivity index (χ0v) is 15.7. The van der Waals surface area contributed by atoms with Crippen molar-refractivity contribution in [3.8, 4) is 5.75 Å². The van der Waals surface area contributed by atoms with Crippen LogP contribution in [0.2, 0.25) is 0 Å². The predicted molar refractivity (Wildman–Crippen MR) is 101 cm³/mol. The van der Waals surface area contributed by atoms with Gasteiger partial charge in [0.05, 0.1) is 6.10 Å². The van der Waals surface area contributed by atoms with E-state index < -0.39 is 0 Å². The molecule has 0 amide bonds. The normalized spacial score (nSPS) is 22.3. The van der Waals surface area contributed by atoms with Crippen molar-refractivity contribution >= 4 is 20.0 Å². The Balaban J connectivity index is 1.66. The summed E-state index contributed by atoms with van der Waals surface area (Å²) >= 11 is 0. The summed E-state index contributed by atoms with van der Waals surface area (Å²) in [4.78, 5) is 4.47. The molecule has 0 spiro atoms. The van der Waals surface area contributed by atoms with Gasteiger partial charge in [-0.2, -0.15) is 0 Å². The van der Waals surface area contributed by atoms with Crippen LogP contribution in [0.5, 0.6) is 5.75 Å². The predicted octanol–water partition coefficient (Wildman–Crippen LogP) is 5.59. The third-order valence-corrected chi connectivity index (χ3v) is 5.58. The van der Waals surface area contributed by atoms with Gasteiger partial charge in [-0.15, -0.1) is 9.24 Å². The Hall–Kier alpha value is -1.14. The fraction of sp³-hybridized carbons (Fsp3) is 0.550. The van der Waals surface area contributed by atoms with Crippen molar-refractivity contribution in [3.05, 3.63) is 36.2 Å². The monoisotopic (exact) mass is 329 g/mol. The Bertz CT molecular complexity index is 669. The van der Waals surface area contributed by atoms with E-state index in [9.17, 15) is 0 Å². The van der Waals surface area contributed by atoms with Gasteiger partial charge in [-0.3, -0.25) is 4.98 Å². The smallest absolute Gasteiger partial charge is 0.120 e. The lowest BCUT2D eigenvalue weighted by Gasteiger charge is -2.36. The molecule has 2 nitrogen and oxygen atoms in total. The van der Waals surface area contributed by atoms with Gasteiger partial charge in [0, 0.05) is 23.4 Å². The fourth-order valence-corrected chi connectivity index (χ4v) is 3.81. The Morgan fingerprint density at radius 1 is 1.09 bits per heavy atom. The quantitative estimate of drug-likeness (QED) is 0.684. The molecule has 124 valence electrons. The van der Waals surface area contributed by atoms with E-state index in [-0.39, 0.29) is 0 Å². The Kier molecular flexibility index (Phi) is 4.92. The lowest BCUT2D eigenvalue weighted by Crippen LogP contribution is -2.30. The van der Waals surface area contributed by atoms with Crippen LogP contribution in [0, 0.1) is 11.3 Å². The van der Waals surface area contributed by atoms with Crippen LogP contribution in [0.4, 0.5) is 0 Å². The van der Waals surface area contributed by atoms with Gasteiger partial charge in [-0.05, 0) is 60.6 Å². The van der Waals surface area contributed by atoms with Crippen molar-refractivity contribution in [2.75, 3.05) is 0 Å². The Morgan fingerprint density at radius 2 is 1.83 bits per heavy atom. The molecule has 1 unspecified atom stereocenters. The molecule has 2 aromatic rings. The number of nitrogens with zero attached hydrogens (tertiary/aromatic N) is 1. The highest BCUT2D eigenvalue weighted by Gasteiger charge is 2.30. The van der Waals surface area contributed by atoms with Gasteiger partial charge in [0.1, 0.15) is 5.75 Å². The van der Waals surface area contributed by atoms with Crippen molar-refractivity contribution in [3.63, 3.8) is 0 Å². The lowest BCUT2D eigenvalue weighted by atomic mass is 9.72. The zero-order valence-electron chi connectivity index (χ0n) is 14.5. The molecule has 0 aliphatic heterocycles. The molecule has 1 aromatic heterocycles. The van der Waals surface area contributed by atoms with Crippen LogP contribution in [-0.4, -0.2) is 11.1 Å². The van der Waals surface area contributed by atoms with Crippen LogP contribution in [0.15, 0.2) is 30.5 Å². The van der Waals surface area contributed by atoms with Crippen LogP contribution >= 0.6 is 9.24 Å². The first-order valence-corrected chi connectivity index (χ1v) is 9.53. The highest BCUT2D eigenvalue weighted by atomic mass is 31.0. The van der Waals surface area contributed by atoms with Gasteiger partial charge in [0.2, 0.25) is 0 Å². The number of rotatable bonds is 3. The van der Waals surface area contributed by atoms with E-state index >= 15 is 0 Å². The summed E-state index contributed by atoms with van der Waals surface area (Å²) in [5, 5.41) is 2.40. The number of fused-ring (bicyclic) bond motifs is 1. The fourth-order valence-electron chi connectivity index (χ4n) is 3.59. The SMILES string of the molecule is CC(C)(C)C1CCC(Oc2ccc3cc(CP)ncc3c2)CC1. The van der Waals surface area contributed by atoms with E-state index in [1.165, 1.54) is 31.1 Å². The average molecular weight is 329 g/mol. The summed E-state index contributed by atoms with van der Waals surface area (Å²) in [5.41, 5.74) is 1.53. The molecule has 1 fully saturated rings. The molecule has 0 radical (unpaired) electrons. The van der Waals surface area contributed by atoms with Gasteiger partial charge in [-0.25, -0.2) is 0 Å². The zero-order chi connectivity index (χ0) is 16.4. The Morgan fingerprint density at radius 3 is 2.48 bits per heavy atom. The van der Waals surface area contributed by atoms with Gasteiger partial charge in [0.15, 0.2) is 0 Å². The van der Waals surface area contributed by atoms with E-state index in [1.807, 2.05) is 6.20 Å². The van der Waals surface area contributed by atoms with Crippen molar-refractivity contribution in [2.45, 2.75) is 58.7 Å². The highest BCUT2D eigenvalue weighted by Crippen LogP contribution is 2.38. The molecule has 1 atom stereocenters. The number of hydrogen-bond donors (Lipinski definition) is 0. The molecule has 1 aliphatic carbocycles. The van der Waals surface area contributed by atoms with Crippen molar-refractivity contribution in [2.24, 2.45) is 11.3 Å². The molecule has 0 bridgehead atoms. The molecule has 0 N–H and O–H groups in total. The van der Waals surface area contributed by atoms with Crippen molar-refractivity contribution in [1.82, 2.24) is 4.98 Å². The van der Waals surface area contributed by atoms with Crippen molar-refractivity contribution < 1.29 is 4.74 Å². The number of ether oxygens (including phenoxy) is 1. The topological polar surface area (TPSA) is 22.1 Å². The van der Waals surface area contributed by atoms with Crippen LogP contribution < -0.4 is 4.74 Å². The molecule has 0 saturated heterocycles. The first-order chi connectivity index (χ1) is 11.0. The number of aromatic nitrogens is 1. The highest BCUT2D eigenvalue weighted by molar-refractivity contribution is 7.15. The second kappa shape index (κ2) is 6.77. The minimum absolute atomic E-state index is 0.366. The van der Waals surface area contributed by atoms with Crippen LogP contribution in [0.1, 0.15) is 52.1 Å². The van der Waals surface area contributed by atoms with Gasteiger partial charge in [-0.1, -0.05) is 26.8 Å². The maximum atomic E-state index is 6.25. The third kappa shape index (κ3) is 4.04. The largest absolute Gasteiger partial charge is 0.490 e. The number of pyridine rings is 1. The van der Waals surface area contributed by atoms with E-state index in [2.05, 4.69) is 59.3 Å². The van der Waals surface area contributed by atoms with Crippen LogP contribution in [0.25, 0.3) is 10.8 Å². The second-order valence-corrected chi connectivity index (χ2v) is 8.25. The first-order valence-electron chi connectivity index (χ1n) is 8.71. The van der Waals surface area contributed by atoms with Crippen LogP contribution in [0.3, 0.4) is 0 Å². The number of benzene rings is 1. The minimum atomic E-state index is 0.366. The van der Waals surface area contributed by atoms with E-state index in [4.69, 9.17) is 4.74 Å². The maximum Gasteiger partial charge on any atom is 0.120 e. The lowest BCUT2D eigenvalue weighted by molar-refractivity contribution is 0.0883. The van der Waals surface area contributed by atoms with Gasteiger partial charge in [0.25, 0.3) is 0 Å². The standard InChI is InChI=1S/C20H28NOP/c1-20(2,3)16-5-8-18(9-6-16)22-19-7-4-14-10-17(13-23)21-12-15(14)11-19/h4,7,10-12,16,18H,5-6,8-9,13,23H2,1-3H3. The third-order valence-electron chi connectivity index (χ3n) is 5.16. The summed E-state index contributed by atoms with van der Waals surface area (Å²) in [6.45, 7) is 7.08. The Labute approximate surface area is 142 Å². The molecule has 3 rings (SSSR count). The summed E-state index contributed by atoms with van der Waals surface area (Å²) < 4.78 is 6.25. The summed E-state index contributed by atoms with van der Waals surface area (Å²) in [5.74, 6) is 1.81. The summed E-state index contributed by atoms with van der Waals surface area (Å²) in [7, 11) is 2.72. The molecule has 23 heavy (non-hydrogen) atoms. The molecule has 1 aliphatic rings. The second-order valence-electron chi connectivity index (χ2n) is 7.85. The molecule has 1 saturated carbocycles. The van der Waals surface area contributed by atoms with Crippen molar-refractivity contribution in [1.29, 1.82) is 0 Å². The summed E-state index contributed by atoms with van der Waals surface area (Å²) in [6.07, 6.45) is 8.12. The van der Waals surface area contributed by atoms with E-state index in [0.29, 0.717) is 11.5 Å². The molecule has 3 heteroatoms. The first kappa shape index (κ1) is 16.7. The number of hydrogen-bond acceptors (Lipinski definition) is 2. The molecular formula is C20H28NOP. The minimum Gasteiger partial charge on any atom is -0.490 e. The molecule has 1 heterocycles. The van der Waals surface area contributed by atoms with Gasteiger partial charge < -0.3 is 4.74 Å². The maximum absolute atomic E-state index is 6.25. The molecular weight excluding hydrogens is 301 g/mol. The molecule has 1 aromatic carbocycles. The van der Waals surface area contributed by atoms with Crippen LogP contribution in [-0.2, 0) is 6.16 Å². The van der Waals surface area contributed by atoms with E-state index in [0.717, 1.165) is 28.9 Å². The average Bonchev–Trinajstić information content (AvgIpc) is 2.54. The van der Waals surface area contributed by atoms with Gasteiger partial charge >= 0.3 is 0 Å². The summed E-state index contributed by atoms with van der Waals surface area (Å²) in [6, 6.07) is 8.53.